The number of piperazine rings is 1. The molecule has 2 aromatic rings. The molecule has 7 nitrogen and oxygen atoms in total. The zero-order valence-electron chi connectivity index (χ0n) is 16.7. The average molecular weight is 381 g/mol. The van der Waals surface area contributed by atoms with Crippen LogP contribution in [0.3, 0.4) is 0 Å². The predicted molar refractivity (Wildman–Crippen MR) is 109 cm³/mol. The van der Waals surface area contributed by atoms with Crippen molar-refractivity contribution in [3.63, 3.8) is 0 Å². The van der Waals surface area contributed by atoms with E-state index in [0.29, 0.717) is 37.7 Å². The van der Waals surface area contributed by atoms with Gasteiger partial charge in [-0.25, -0.2) is 0 Å². The summed E-state index contributed by atoms with van der Waals surface area (Å²) in [6, 6.07) is 9.77. The maximum Gasteiger partial charge on any atom is 0.274 e. The van der Waals surface area contributed by atoms with Gasteiger partial charge in [0.05, 0.1) is 0 Å². The molecule has 0 bridgehead atoms. The average Bonchev–Trinajstić information content (AvgIpc) is 2.74. The lowest BCUT2D eigenvalue weighted by atomic mass is 10.0. The van der Waals surface area contributed by atoms with Crippen LogP contribution in [0, 0.1) is 0 Å². The molecule has 0 aliphatic carbocycles. The number of nitrogens with zero attached hydrogens (tertiary/aromatic N) is 4. The number of hydrogen-bond donors (Lipinski definition) is 1. The number of benzene rings is 1. The number of aryl methyl sites for hydroxylation is 2. The molecule has 28 heavy (non-hydrogen) atoms. The maximum absolute atomic E-state index is 12.6. The van der Waals surface area contributed by atoms with Crippen molar-refractivity contribution in [2.75, 3.05) is 31.5 Å². The molecule has 1 N–H and O–H groups in total. The monoisotopic (exact) mass is 381 g/mol. The number of carbonyl (C=O) groups excluding carboxylic acids is 2. The van der Waals surface area contributed by atoms with Crippen LogP contribution in [0.4, 0.5) is 11.5 Å². The Morgan fingerprint density at radius 2 is 1.54 bits per heavy atom. The van der Waals surface area contributed by atoms with Crippen molar-refractivity contribution in [1.82, 2.24) is 20.0 Å². The molecule has 1 fully saturated rings. The third-order valence-electron chi connectivity index (χ3n) is 5.15. The van der Waals surface area contributed by atoms with Crippen molar-refractivity contribution in [3.8, 4) is 0 Å². The largest absolute Gasteiger partial charge is 0.339 e. The first-order valence-corrected chi connectivity index (χ1v) is 9.79. The molecule has 148 valence electrons. The number of aromatic nitrogens is 2. The second-order valence-corrected chi connectivity index (χ2v) is 6.89. The quantitative estimate of drug-likeness (QED) is 0.861. The first kappa shape index (κ1) is 19.8. The van der Waals surface area contributed by atoms with Crippen LogP contribution in [-0.4, -0.2) is 58.0 Å². The molecule has 3 rings (SSSR count). The Kier molecular flexibility index (Phi) is 6.23. The Morgan fingerprint density at radius 3 is 2.04 bits per heavy atom. The molecule has 0 radical (unpaired) electrons. The van der Waals surface area contributed by atoms with Crippen LogP contribution < -0.4 is 5.32 Å². The summed E-state index contributed by atoms with van der Waals surface area (Å²) in [7, 11) is 0. The minimum atomic E-state index is -0.148. The molecule has 0 spiro atoms. The number of para-hydroxylation sites is 1. The topological polar surface area (TPSA) is 78.4 Å². The van der Waals surface area contributed by atoms with E-state index in [1.807, 2.05) is 0 Å². The second-order valence-electron chi connectivity index (χ2n) is 6.89. The van der Waals surface area contributed by atoms with Gasteiger partial charge in [0.15, 0.2) is 11.5 Å². The van der Waals surface area contributed by atoms with Crippen molar-refractivity contribution in [2.45, 2.75) is 33.6 Å². The summed E-state index contributed by atoms with van der Waals surface area (Å²) in [6.07, 6.45) is 1.85. The van der Waals surface area contributed by atoms with Gasteiger partial charge in [0, 0.05) is 38.8 Å². The Labute approximate surface area is 165 Å². The van der Waals surface area contributed by atoms with Gasteiger partial charge >= 0.3 is 0 Å². The lowest BCUT2D eigenvalue weighted by molar-refractivity contribution is -0.130. The van der Waals surface area contributed by atoms with Crippen LogP contribution in [0.2, 0.25) is 0 Å². The lowest BCUT2D eigenvalue weighted by Crippen LogP contribution is -2.50. The summed E-state index contributed by atoms with van der Waals surface area (Å²) in [5.74, 6) is 0.514. The fourth-order valence-corrected chi connectivity index (χ4v) is 3.43. The van der Waals surface area contributed by atoms with E-state index in [4.69, 9.17) is 0 Å². The Balaban J connectivity index is 1.69. The normalized spacial score (nSPS) is 14.1. The van der Waals surface area contributed by atoms with E-state index in [0.717, 1.165) is 18.5 Å². The molecule has 0 unspecified atom stereocenters. The fourth-order valence-electron chi connectivity index (χ4n) is 3.43. The summed E-state index contributed by atoms with van der Waals surface area (Å²) in [5.41, 5.74) is 3.84. The smallest absolute Gasteiger partial charge is 0.274 e. The number of rotatable bonds is 5. The number of anilines is 2. The van der Waals surface area contributed by atoms with Crippen molar-refractivity contribution >= 4 is 23.3 Å². The van der Waals surface area contributed by atoms with Crippen molar-refractivity contribution in [2.24, 2.45) is 0 Å². The van der Waals surface area contributed by atoms with Crippen LogP contribution in [0.15, 0.2) is 30.3 Å². The van der Waals surface area contributed by atoms with Gasteiger partial charge < -0.3 is 15.1 Å². The molecular formula is C21H27N5O2. The zero-order valence-corrected chi connectivity index (χ0v) is 16.7. The van der Waals surface area contributed by atoms with Gasteiger partial charge in [0.2, 0.25) is 5.91 Å². The highest BCUT2D eigenvalue weighted by Crippen LogP contribution is 2.25. The van der Waals surface area contributed by atoms with Crippen molar-refractivity contribution in [3.05, 3.63) is 47.2 Å². The van der Waals surface area contributed by atoms with E-state index >= 15 is 0 Å². The number of hydrogen-bond acceptors (Lipinski definition) is 5. The van der Waals surface area contributed by atoms with E-state index < -0.39 is 0 Å². The Hall–Kier alpha value is -2.96. The van der Waals surface area contributed by atoms with Crippen LogP contribution in [0.1, 0.15) is 42.4 Å². The molecule has 7 heteroatoms. The minimum absolute atomic E-state index is 0.0427. The van der Waals surface area contributed by atoms with Gasteiger partial charge in [-0.15, -0.1) is 10.2 Å². The molecule has 0 saturated carbocycles. The van der Waals surface area contributed by atoms with Crippen molar-refractivity contribution in [1.29, 1.82) is 0 Å². The molecule has 1 aliphatic heterocycles. The number of amides is 2. The van der Waals surface area contributed by atoms with Gasteiger partial charge in [0.1, 0.15) is 0 Å². The van der Waals surface area contributed by atoms with E-state index in [-0.39, 0.29) is 11.8 Å². The van der Waals surface area contributed by atoms with E-state index in [1.165, 1.54) is 11.1 Å². The highest BCUT2D eigenvalue weighted by molar-refractivity contribution is 5.92. The molecule has 1 aromatic carbocycles. The van der Waals surface area contributed by atoms with Crippen LogP contribution >= 0.6 is 0 Å². The zero-order chi connectivity index (χ0) is 20.1. The van der Waals surface area contributed by atoms with E-state index in [1.54, 1.807) is 28.9 Å². The summed E-state index contributed by atoms with van der Waals surface area (Å²) in [6.45, 7) is 7.95. The summed E-state index contributed by atoms with van der Waals surface area (Å²) >= 11 is 0. The molecule has 0 atom stereocenters. The van der Waals surface area contributed by atoms with Crippen LogP contribution in [-0.2, 0) is 17.6 Å². The maximum atomic E-state index is 12.6. The van der Waals surface area contributed by atoms with Gasteiger partial charge in [-0.1, -0.05) is 32.0 Å². The van der Waals surface area contributed by atoms with Gasteiger partial charge in [-0.2, -0.15) is 0 Å². The van der Waals surface area contributed by atoms with Crippen LogP contribution in [0.5, 0.6) is 0 Å². The van der Waals surface area contributed by atoms with Gasteiger partial charge in [-0.3, -0.25) is 9.59 Å². The third kappa shape index (κ3) is 4.30. The highest BCUT2D eigenvalue weighted by atomic mass is 16.2. The minimum Gasteiger partial charge on any atom is -0.339 e. The Bertz CT molecular complexity index is 820. The third-order valence-corrected chi connectivity index (χ3v) is 5.15. The summed E-state index contributed by atoms with van der Waals surface area (Å²) in [5, 5.41) is 11.7. The second kappa shape index (κ2) is 8.82. The lowest BCUT2D eigenvalue weighted by Gasteiger charge is -2.33. The SMILES string of the molecule is CCc1cccc(CC)c1Nc1ccc(C(=O)N2CCN(C(C)=O)CC2)nn1. The molecule has 2 heterocycles. The number of carbonyl (C=O) groups is 2. The summed E-state index contributed by atoms with van der Waals surface area (Å²) < 4.78 is 0. The standard InChI is InChI=1S/C21H27N5O2/c1-4-16-7-6-8-17(5-2)20(16)22-19-10-9-18(23-24-19)21(28)26-13-11-25(12-14-26)15(3)27/h6-10H,4-5,11-14H2,1-3H3,(H,22,24). The number of nitrogens with one attached hydrogen (secondary N) is 1. The van der Waals surface area contributed by atoms with E-state index in [9.17, 15) is 9.59 Å². The molecule has 1 saturated heterocycles. The highest BCUT2D eigenvalue weighted by Gasteiger charge is 2.24. The fraction of sp³-hybridized carbons (Fsp3) is 0.429. The van der Waals surface area contributed by atoms with Gasteiger partial charge in [0.25, 0.3) is 5.91 Å². The van der Waals surface area contributed by atoms with Crippen LogP contribution in [0.25, 0.3) is 0 Å². The first-order valence-electron chi connectivity index (χ1n) is 9.79. The Morgan fingerprint density at radius 1 is 0.929 bits per heavy atom. The van der Waals surface area contributed by atoms with Crippen molar-refractivity contribution < 1.29 is 9.59 Å². The first-order chi connectivity index (χ1) is 13.5. The predicted octanol–water partition coefficient (Wildman–Crippen LogP) is 2.65. The molecular weight excluding hydrogens is 354 g/mol. The summed E-state index contributed by atoms with van der Waals surface area (Å²) in [4.78, 5) is 27.5. The molecule has 2 amide bonds. The molecule has 1 aromatic heterocycles. The molecule has 1 aliphatic rings. The van der Waals surface area contributed by atoms with Gasteiger partial charge in [-0.05, 0) is 36.1 Å². The van der Waals surface area contributed by atoms with E-state index in [2.05, 4.69) is 47.6 Å².